The molecule has 0 radical (unpaired) electrons. The molecule has 0 unspecified atom stereocenters. The number of rotatable bonds is 6. The van der Waals surface area contributed by atoms with E-state index in [0.717, 1.165) is 24.4 Å². The fourth-order valence-corrected chi connectivity index (χ4v) is 4.83. The van der Waals surface area contributed by atoms with Crippen LogP contribution in [0.15, 0.2) is 33.7 Å². The molecule has 148 valence electrons. The highest BCUT2D eigenvalue weighted by Crippen LogP contribution is 2.31. The predicted molar refractivity (Wildman–Crippen MR) is 99.4 cm³/mol. The Bertz CT molecular complexity index is 881. The summed E-state index contributed by atoms with van der Waals surface area (Å²) in [6, 6.07) is 6.71. The third-order valence-corrected chi connectivity index (χ3v) is 6.52. The van der Waals surface area contributed by atoms with Gasteiger partial charge in [0.25, 0.3) is 0 Å². The van der Waals surface area contributed by atoms with Gasteiger partial charge in [-0.25, -0.2) is 8.42 Å². The molecule has 27 heavy (non-hydrogen) atoms. The Morgan fingerprint density at radius 1 is 1.11 bits per heavy atom. The lowest BCUT2D eigenvalue weighted by atomic mass is 10.3. The largest absolute Gasteiger partial charge is 0.497 e. The van der Waals surface area contributed by atoms with Crippen molar-refractivity contribution < 1.29 is 22.4 Å². The zero-order valence-corrected chi connectivity index (χ0v) is 16.7. The predicted octanol–water partition coefficient (Wildman–Crippen LogP) is 1.90. The molecule has 1 saturated heterocycles. The molecule has 1 aromatic carbocycles. The van der Waals surface area contributed by atoms with E-state index in [2.05, 4.69) is 10.1 Å². The van der Waals surface area contributed by atoms with Crippen LogP contribution in [0.1, 0.15) is 17.9 Å². The molecule has 0 amide bonds. The highest BCUT2D eigenvalue weighted by molar-refractivity contribution is 7.89. The Morgan fingerprint density at radius 2 is 1.93 bits per heavy atom. The maximum absolute atomic E-state index is 13.2. The molecule has 1 aliphatic rings. The Kier molecular flexibility index (Phi) is 6.03. The molecule has 1 aromatic heterocycles. The number of aromatic nitrogens is 1. The lowest BCUT2D eigenvalue weighted by Gasteiger charge is -2.22. The van der Waals surface area contributed by atoms with E-state index in [1.807, 2.05) is 13.0 Å². The third-order valence-electron chi connectivity index (χ3n) is 4.60. The van der Waals surface area contributed by atoms with E-state index in [4.69, 9.17) is 14.0 Å². The summed E-state index contributed by atoms with van der Waals surface area (Å²) >= 11 is 0. The Labute approximate surface area is 159 Å². The third kappa shape index (κ3) is 4.42. The molecule has 0 aliphatic carbocycles. The van der Waals surface area contributed by atoms with Crippen molar-refractivity contribution in [3.63, 3.8) is 0 Å². The minimum atomic E-state index is -3.69. The minimum absolute atomic E-state index is 0.130. The van der Waals surface area contributed by atoms with Crippen molar-refractivity contribution in [3.05, 3.63) is 35.7 Å². The smallest absolute Gasteiger partial charge is 0.246 e. The van der Waals surface area contributed by atoms with Gasteiger partial charge in [0.15, 0.2) is 0 Å². The van der Waals surface area contributed by atoms with Crippen LogP contribution in [0.4, 0.5) is 0 Å². The number of sulfonamides is 1. The van der Waals surface area contributed by atoms with E-state index >= 15 is 0 Å². The van der Waals surface area contributed by atoms with Gasteiger partial charge in [-0.1, -0.05) is 5.16 Å². The maximum atomic E-state index is 13.2. The summed E-state index contributed by atoms with van der Waals surface area (Å²) in [5.74, 6) is 1.57. The normalized spacial score (nSPS) is 16.9. The molecule has 3 rings (SSSR count). The summed E-state index contributed by atoms with van der Waals surface area (Å²) in [5.41, 5.74) is 0.860. The molecule has 0 saturated carbocycles. The monoisotopic (exact) mass is 395 g/mol. The molecule has 8 nitrogen and oxygen atoms in total. The van der Waals surface area contributed by atoms with Crippen molar-refractivity contribution in [3.8, 4) is 11.5 Å². The summed E-state index contributed by atoms with van der Waals surface area (Å²) in [6.07, 6.45) is 0.738. The highest BCUT2D eigenvalue weighted by atomic mass is 32.2. The molecule has 9 heteroatoms. The molecule has 0 N–H and O–H groups in total. The van der Waals surface area contributed by atoms with Gasteiger partial charge >= 0.3 is 0 Å². The first-order chi connectivity index (χ1) is 12.9. The molecule has 2 heterocycles. The summed E-state index contributed by atoms with van der Waals surface area (Å²) in [7, 11) is -0.715. The molecule has 0 bridgehead atoms. The zero-order chi connectivity index (χ0) is 19.4. The zero-order valence-electron chi connectivity index (χ0n) is 15.8. The van der Waals surface area contributed by atoms with E-state index < -0.39 is 10.0 Å². The number of ether oxygens (including phenoxy) is 2. The first kappa shape index (κ1) is 19.7. The SMILES string of the molecule is COc1ccc(OC)c(S(=O)(=O)N2CCCN(Cc3cc(C)on3)CC2)c1. The van der Waals surface area contributed by atoms with Crippen molar-refractivity contribution in [1.29, 1.82) is 0 Å². The van der Waals surface area contributed by atoms with Crippen LogP contribution in [0.25, 0.3) is 0 Å². The second-order valence-electron chi connectivity index (χ2n) is 6.48. The standard InChI is InChI=1S/C18H25N3O5S/c1-14-11-15(19-26-14)13-20-7-4-8-21(10-9-20)27(22,23)18-12-16(24-2)5-6-17(18)25-3/h5-6,11-12H,4,7-10,13H2,1-3H3. The van der Waals surface area contributed by atoms with Crippen LogP contribution in [0.2, 0.25) is 0 Å². The second-order valence-corrected chi connectivity index (χ2v) is 8.39. The Balaban J connectivity index is 1.76. The van der Waals surface area contributed by atoms with Crippen molar-refractivity contribution in [1.82, 2.24) is 14.4 Å². The fourth-order valence-electron chi connectivity index (χ4n) is 3.19. The van der Waals surface area contributed by atoms with Gasteiger partial charge in [0.1, 0.15) is 22.2 Å². The van der Waals surface area contributed by atoms with Crippen molar-refractivity contribution in [2.45, 2.75) is 24.8 Å². The van der Waals surface area contributed by atoms with Gasteiger partial charge in [-0.2, -0.15) is 4.31 Å². The van der Waals surface area contributed by atoms with E-state index in [1.165, 1.54) is 24.6 Å². The second kappa shape index (κ2) is 8.28. The van der Waals surface area contributed by atoms with Crippen molar-refractivity contribution in [2.75, 3.05) is 40.4 Å². The van der Waals surface area contributed by atoms with Crippen LogP contribution in [0.5, 0.6) is 11.5 Å². The number of hydrogen-bond acceptors (Lipinski definition) is 7. The van der Waals surface area contributed by atoms with Gasteiger partial charge in [0.05, 0.1) is 19.9 Å². The highest BCUT2D eigenvalue weighted by Gasteiger charge is 2.30. The summed E-state index contributed by atoms with van der Waals surface area (Å²) in [4.78, 5) is 2.32. The molecular formula is C18H25N3O5S. The van der Waals surface area contributed by atoms with Gasteiger partial charge in [-0.05, 0) is 32.0 Å². The van der Waals surface area contributed by atoms with Gasteiger partial charge in [-0.15, -0.1) is 0 Å². The van der Waals surface area contributed by atoms with Gasteiger partial charge < -0.3 is 14.0 Å². The lowest BCUT2D eigenvalue weighted by molar-refractivity contribution is 0.268. The minimum Gasteiger partial charge on any atom is -0.497 e. The quantitative estimate of drug-likeness (QED) is 0.738. The molecule has 0 atom stereocenters. The van der Waals surface area contributed by atoms with Crippen molar-refractivity contribution in [2.24, 2.45) is 0 Å². The average Bonchev–Trinajstić information content (AvgIpc) is 2.92. The summed E-state index contributed by atoms with van der Waals surface area (Å²) in [5, 5.41) is 4.02. The number of benzene rings is 1. The van der Waals surface area contributed by atoms with Crippen LogP contribution in [-0.2, 0) is 16.6 Å². The van der Waals surface area contributed by atoms with Crippen LogP contribution >= 0.6 is 0 Å². The van der Waals surface area contributed by atoms with Crippen LogP contribution in [0, 0.1) is 6.92 Å². The molecule has 0 spiro atoms. The van der Waals surface area contributed by atoms with E-state index in [-0.39, 0.29) is 4.90 Å². The van der Waals surface area contributed by atoms with Gasteiger partial charge in [-0.3, -0.25) is 4.90 Å². The van der Waals surface area contributed by atoms with E-state index in [1.54, 1.807) is 12.1 Å². The number of aryl methyl sites for hydroxylation is 1. The average molecular weight is 395 g/mol. The topological polar surface area (TPSA) is 85.1 Å². The van der Waals surface area contributed by atoms with Crippen molar-refractivity contribution >= 4 is 10.0 Å². The Morgan fingerprint density at radius 3 is 2.59 bits per heavy atom. The Hall–Kier alpha value is -2.10. The summed E-state index contributed by atoms with van der Waals surface area (Å²) < 4.78 is 43.5. The fraction of sp³-hybridized carbons (Fsp3) is 0.500. The van der Waals surface area contributed by atoms with Crippen LogP contribution in [-0.4, -0.2) is 63.2 Å². The van der Waals surface area contributed by atoms with E-state index in [9.17, 15) is 8.42 Å². The molecule has 1 aliphatic heterocycles. The molecule has 1 fully saturated rings. The number of methoxy groups -OCH3 is 2. The molecule has 2 aromatic rings. The van der Waals surface area contributed by atoms with E-state index in [0.29, 0.717) is 37.7 Å². The van der Waals surface area contributed by atoms with Crippen LogP contribution < -0.4 is 9.47 Å². The molecular weight excluding hydrogens is 370 g/mol. The first-order valence-electron chi connectivity index (χ1n) is 8.81. The van der Waals surface area contributed by atoms with Gasteiger partial charge in [0, 0.05) is 38.3 Å². The number of hydrogen-bond donors (Lipinski definition) is 0. The summed E-state index contributed by atoms with van der Waals surface area (Å²) in [6.45, 7) is 4.78. The maximum Gasteiger partial charge on any atom is 0.246 e. The first-order valence-corrected chi connectivity index (χ1v) is 10.2. The van der Waals surface area contributed by atoms with Gasteiger partial charge in [0.2, 0.25) is 10.0 Å². The van der Waals surface area contributed by atoms with Crippen LogP contribution in [0.3, 0.4) is 0 Å². The lowest BCUT2D eigenvalue weighted by Crippen LogP contribution is -2.35. The number of nitrogens with zero attached hydrogens (tertiary/aromatic N) is 3.